The zero-order chi connectivity index (χ0) is 16.4. The van der Waals surface area contributed by atoms with E-state index in [2.05, 4.69) is 9.97 Å². The molecule has 2 aromatic rings. The van der Waals surface area contributed by atoms with Crippen LogP contribution in [0.1, 0.15) is 0 Å². The van der Waals surface area contributed by atoms with Crippen LogP contribution in [0.4, 0.5) is 5.95 Å². The lowest BCUT2D eigenvalue weighted by molar-refractivity contribution is 0.382. The Balaban J connectivity index is 1.75. The molecule has 3 rings (SSSR count). The van der Waals surface area contributed by atoms with Gasteiger partial charge in [-0.3, -0.25) is 0 Å². The van der Waals surface area contributed by atoms with E-state index in [1.165, 1.54) is 22.5 Å². The highest BCUT2D eigenvalue weighted by molar-refractivity contribution is 7.89. The predicted molar refractivity (Wildman–Crippen MR) is 89.5 cm³/mol. The normalized spacial score (nSPS) is 16.5. The lowest BCUT2D eigenvalue weighted by Gasteiger charge is -2.33. The average molecular weight is 373 g/mol. The van der Waals surface area contributed by atoms with E-state index >= 15 is 0 Å². The Kier molecular flexibility index (Phi) is 4.72. The van der Waals surface area contributed by atoms with Crippen LogP contribution in [-0.2, 0) is 10.0 Å². The van der Waals surface area contributed by atoms with Crippen molar-refractivity contribution in [2.75, 3.05) is 31.1 Å². The third-order valence-corrected chi connectivity index (χ3v) is 6.24. The van der Waals surface area contributed by atoms with Crippen LogP contribution >= 0.6 is 23.2 Å². The van der Waals surface area contributed by atoms with Crippen molar-refractivity contribution in [3.05, 3.63) is 46.7 Å². The molecule has 0 unspecified atom stereocenters. The number of hydrogen-bond donors (Lipinski definition) is 0. The molecule has 1 saturated heterocycles. The molecule has 1 aliphatic rings. The molecule has 1 fully saturated rings. The fourth-order valence-corrected chi connectivity index (χ4v) is 4.18. The molecule has 9 heteroatoms. The molecule has 0 aliphatic carbocycles. The second-order valence-corrected chi connectivity index (χ2v) is 7.77. The zero-order valence-corrected chi connectivity index (χ0v) is 14.4. The molecule has 0 radical (unpaired) electrons. The largest absolute Gasteiger partial charge is 0.338 e. The SMILES string of the molecule is O=S(=O)(c1ccc(Cl)c(Cl)c1)N1CCN(c2ncccn2)CC1. The number of halogens is 2. The Labute approximate surface area is 144 Å². The van der Waals surface area contributed by atoms with Gasteiger partial charge in [-0.15, -0.1) is 0 Å². The summed E-state index contributed by atoms with van der Waals surface area (Å²) in [4.78, 5) is 10.5. The van der Waals surface area contributed by atoms with Crippen molar-refractivity contribution in [1.29, 1.82) is 0 Å². The molecule has 122 valence electrons. The summed E-state index contributed by atoms with van der Waals surface area (Å²) < 4.78 is 26.8. The molecule has 2 heterocycles. The van der Waals surface area contributed by atoms with Gasteiger partial charge in [-0.2, -0.15) is 4.31 Å². The van der Waals surface area contributed by atoms with Crippen molar-refractivity contribution >= 4 is 39.2 Å². The Hall–Kier alpha value is -1.41. The number of aromatic nitrogens is 2. The summed E-state index contributed by atoms with van der Waals surface area (Å²) in [7, 11) is -3.58. The number of rotatable bonds is 3. The molecule has 0 amide bonds. The molecular weight excluding hydrogens is 359 g/mol. The van der Waals surface area contributed by atoms with Crippen LogP contribution in [-0.4, -0.2) is 48.9 Å². The van der Waals surface area contributed by atoms with Crippen molar-refractivity contribution in [3.8, 4) is 0 Å². The van der Waals surface area contributed by atoms with Gasteiger partial charge >= 0.3 is 0 Å². The topological polar surface area (TPSA) is 66.4 Å². The minimum atomic E-state index is -3.58. The van der Waals surface area contributed by atoms with Crippen LogP contribution in [0.2, 0.25) is 10.0 Å². The first-order valence-electron chi connectivity index (χ1n) is 6.95. The molecule has 0 spiro atoms. The zero-order valence-electron chi connectivity index (χ0n) is 12.1. The maximum absolute atomic E-state index is 12.7. The van der Waals surface area contributed by atoms with E-state index < -0.39 is 10.0 Å². The van der Waals surface area contributed by atoms with Gasteiger partial charge in [0.2, 0.25) is 16.0 Å². The molecule has 1 aromatic carbocycles. The number of benzene rings is 1. The Bertz CT molecular complexity index is 794. The standard InChI is InChI=1S/C14H14Cl2N4O2S/c15-12-3-2-11(10-13(12)16)23(21,22)20-8-6-19(7-9-20)14-17-4-1-5-18-14/h1-5,10H,6-9H2. The second kappa shape index (κ2) is 6.60. The van der Waals surface area contributed by atoms with Crippen molar-refractivity contribution in [1.82, 2.24) is 14.3 Å². The van der Waals surface area contributed by atoms with Gasteiger partial charge in [-0.25, -0.2) is 18.4 Å². The molecule has 0 atom stereocenters. The van der Waals surface area contributed by atoms with E-state index in [-0.39, 0.29) is 9.92 Å². The summed E-state index contributed by atoms with van der Waals surface area (Å²) in [6, 6.07) is 6.08. The van der Waals surface area contributed by atoms with E-state index in [1.807, 2.05) is 4.90 Å². The quantitative estimate of drug-likeness (QED) is 0.826. The average Bonchev–Trinajstić information content (AvgIpc) is 2.58. The van der Waals surface area contributed by atoms with Gasteiger partial charge in [0.05, 0.1) is 14.9 Å². The molecule has 0 saturated carbocycles. The van der Waals surface area contributed by atoms with Crippen molar-refractivity contribution < 1.29 is 8.42 Å². The summed E-state index contributed by atoms with van der Waals surface area (Å²) >= 11 is 11.8. The van der Waals surface area contributed by atoms with Gasteiger partial charge in [-0.05, 0) is 24.3 Å². The van der Waals surface area contributed by atoms with Crippen molar-refractivity contribution in [2.45, 2.75) is 4.90 Å². The molecule has 0 bridgehead atoms. The summed E-state index contributed by atoms with van der Waals surface area (Å²) in [6.45, 7) is 1.79. The van der Waals surface area contributed by atoms with Crippen LogP contribution in [0.25, 0.3) is 0 Å². The van der Waals surface area contributed by atoms with Crippen LogP contribution in [0.3, 0.4) is 0 Å². The van der Waals surface area contributed by atoms with Gasteiger partial charge in [0.1, 0.15) is 0 Å². The summed E-state index contributed by atoms with van der Waals surface area (Å²) in [6.07, 6.45) is 3.34. The molecule has 1 aromatic heterocycles. The monoisotopic (exact) mass is 372 g/mol. The maximum Gasteiger partial charge on any atom is 0.243 e. The van der Waals surface area contributed by atoms with Crippen LogP contribution in [0, 0.1) is 0 Å². The maximum atomic E-state index is 12.7. The summed E-state index contributed by atoms with van der Waals surface area (Å²) in [5.74, 6) is 0.610. The first-order valence-corrected chi connectivity index (χ1v) is 9.15. The van der Waals surface area contributed by atoms with Crippen LogP contribution in [0.15, 0.2) is 41.6 Å². The fourth-order valence-electron chi connectivity index (χ4n) is 2.37. The van der Waals surface area contributed by atoms with Crippen molar-refractivity contribution in [2.24, 2.45) is 0 Å². The van der Waals surface area contributed by atoms with E-state index in [0.717, 1.165) is 0 Å². The minimum absolute atomic E-state index is 0.149. The van der Waals surface area contributed by atoms with Gasteiger partial charge in [0.25, 0.3) is 0 Å². The van der Waals surface area contributed by atoms with E-state index in [4.69, 9.17) is 23.2 Å². The van der Waals surface area contributed by atoms with Gasteiger partial charge < -0.3 is 4.90 Å². The lowest BCUT2D eigenvalue weighted by atomic mass is 10.4. The Morgan fingerprint density at radius 3 is 2.22 bits per heavy atom. The highest BCUT2D eigenvalue weighted by Crippen LogP contribution is 2.27. The molecule has 1 aliphatic heterocycles. The van der Waals surface area contributed by atoms with Gasteiger partial charge in [0, 0.05) is 38.6 Å². The van der Waals surface area contributed by atoms with E-state index in [0.29, 0.717) is 37.1 Å². The molecule has 23 heavy (non-hydrogen) atoms. The number of anilines is 1. The lowest BCUT2D eigenvalue weighted by Crippen LogP contribution is -2.49. The van der Waals surface area contributed by atoms with E-state index in [1.54, 1.807) is 18.5 Å². The highest BCUT2D eigenvalue weighted by atomic mass is 35.5. The minimum Gasteiger partial charge on any atom is -0.338 e. The van der Waals surface area contributed by atoms with Crippen LogP contribution in [0.5, 0.6) is 0 Å². The highest BCUT2D eigenvalue weighted by Gasteiger charge is 2.29. The third kappa shape index (κ3) is 3.42. The first kappa shape index (κ1) is 16.4. The fraction of sp³-hybridized carbons (Fsp3) is 0.286. The Morgan fingerprint density at radius 1 is 0.957 bits per heavy atom. The smallest absolute Gasteiger partial charge is 0.243 e. The number of sulfonamides is 1. The number of piperazine rings is 1. The van der Waals surface area contributed by atoms with E-state index in [9.17, 15) is 8.42 Å². The first-order chi connectivity index (χ1) is 11.0. The summed E-state index contributed by atoms with van der Waals surface area (Å²) in [5, 5.41) is 0.556. The Morgan fingerprint density at radius 2 is 1.61 bits per heavy atom. The van der Waals surface area contributed by atoms with Gasteiger partial charge in [-0.1, -0.05) is 23.2 Å². The second-order valence-electron chi connectivity index (χ2n) is 5.02. The molecular formula is C14H14Cl2N4O2S. The van der Waals surface area contributed by atoms with Crippen LogP contribution < -0.4 is 4.90 Å². The molecule has 0 N–H and O–H groups in total. The third-order valence-electron chi connectivity index (χ3n) is 3.60. The van der Waals surface area contributed by atoms with Crippen molar-refractivity contribution in [3.63, 3.8) is 0 Å². The molecule has 6 nitrogen and oxygen atoms in total. The number of hydrogen-bond acceptors (Lipinski definition) is 5. The number of nitrogens with zero attached hydrogens (tertiary/aromatic N) is 4. The predicted octanol–water partition coefficient (Wildman–Crippen LogP) is 2.29. The summed E-state index contributed by atoms with van der Waals surface area (Å²) in [5.41, 5.74) is 0. The van der Waals surface area contributed by atoms with Gasteiger partial charge in [0.15, 0.2) is 0 Å².